The number of aryl methyl sites for hydroxylation is 3. The number of hydrogen-bond donors (Lipinski definition) is 1. The fourth-order valence-corrected chi connectivity index (χ4v) is 2.18. The van der Waals surface area contributed by atoms with Crippen LogP contribution >= 0.6 is 11.3 Å². The molecule has 4 nitrogen and oxygen atoms in total. The van der Waals surface area contributed by atoms with Gasteiger partial charge in [0, 0.05) is 24.5 Å². The Morgan fingerprint density at radius 1 is 1.24 bits per heavy atom. The predicted molar refractivity (Wildman–Crippen MR) is 70.6 cm³/mol. The summed E-state index contributed by atoms with van der Waals surface area (Å²) >= 11 is 1.69. The van der Waals surface area contributed by atoms with Gasteiger partial charge in [0.2, 0.25) is 0 Å². The van der Waals surface area contributed by atoms with E-state index in [1.807, 2.05) is 20.8 Å². The molecule has 2 heterocycles. The zero-order chi connectivity index (χ0) is 12.3. The summed E-state index contributed by atoms with van der Waals surface area (Å²) in [6, 6.07) is 0. The maximum Gasteiger partial charge on any atom is 0.147 e. The van der Waals surface area contributed by atoms with Crippen molar-refractivity contribution in [1.29, 1.82) is 0 Å². The Labute approximate surface area is 105 Å². The Kier molecular flexibility index (Phi) is 3.68. The van der Waals surface area contributed by atoms with Gasteiger partial charge < -0.3 is 5.32 Å². The van der Waals surface area contributed by atoms with Gasteiger partial charge in [0.05, 0.1) is 22.1 Å². The third kappa shape index (κ3) is 3.23. The van der Waals surface area contributed by atoms with E-state index in [1.54, 1.807) is 17.5 Å². The van der Waals surface area contributed by atoms with Crippen LogP contribution in [-0.2, 0) is 6.42 Å². The summed E-state index contributed by atoms with van der Waals surface area (Å²) in [4.78, 5) is 13.1. The van der Waals surface area contributed by atoms with E-state index >= 15 is 0 Å². The molecule has 0 spiro atoms. The van der Waals surface area contributed by atoms with E-state index in [0.717, 1.165) is 40.9 Å². The second-order valence-electron chi connectivity index (χ2n) is 3.98. The summed E-state index contributed by atoms with van der Waals surface area (Å²) in [6.07, 6.45) is 2.70. The molecule has 0 aliphatic carbocycles. The maximum atomic E-state index is 4.42. The monoisotopic (exact) mass is 248 g/mol. The molecule has 0 bridgehead atoms. The summed E-state index contributed by atoms with van der Waals surface area (Å²) in [6.45, 7) is 6.77. The molecular formula is C12H16N4S. The average Bonchev–Trinajstić information content (AvgIpc) is 2.69. The molecule has 90 valence electrons. The van der Waals surface area contributed by atoms with Crippen LogP contribution in [0.25, 0.3) is 0 Å². The van der Waals surface area contributed by atoms with Crippen LogP contribution in [-0.4, -0.2) is 21.5 Å². The lowest BCUT2D eigenvalue weighted by atomic mass is 10.3. The fraction of sp³-hybridized carbons (Fsp3) is 0.417. The molecule has 2 aromatic rings. The molecule has 0 aliphatic heterocycles. The Hall–Kier alpha value is -1.49. The molecule has 0 unspecified atom stereocenters. The van der Waals surface area contributed by atoms with Gasteiger partial charge in [-0.05, 0) is 20.8 Å². The van der Waals surface area contributed by atoms with E-state index in [-0.39, 0.29) is 0 Å². The lowest BCUT2D eigenvalue weighted by Crippen LogP contribution is -2.09. The largest absolute Gasteiger partial charge is 0.368 e. The van der Waals surface area contributed by atoms with Crippen LogP contribution in [0.5, 0.6) is 0 Å². The van der Waals surface area contributed by atoms with Crippen LogP contribution in [0.3, 0.4) is 0 Å². The highest BCUT2D eigenvalue weighted by Crippen LogP contribution is 2.11. The van der Waals surface area contributed by atoms with E-state index in [2.05, 4.69) is 25.6 Å². The zero-order valence-corrected chi connectivity index (χ0v) is 11.1. The number of nitrogens with zero attached hydrogens (tertiary/aromatic N) is 3. The van der Waals surface area contributed by atoms with E-state index in [0.29, 0.717) is 0 Å². The van der Waals surface area contributed by atoms with Crippen LogP contribution in [0.1, 0.15) is 22.1 Å². The van der Waals surface area contributed by atoms with Crippen LogP contribution in [0.15, 0.2) is 11.6 Å². The summed E-state index contributed by atoms with van der Waals surface area (Å²) in [5.41, 5.74) is 3.01. The predicted octanol–water partition coefficient (Wildman–Crippen LogP) is 2.51. The summed E-state index contributed by atoms with van der Waals surface area (Å²) in [5, 5.41) is 6.52. The summed E-state index contributed by atoms with van der Waals surface area (Å²) in [5.74, 6) is 0.872. The summed E-state index contributed by atoms with van der Waals surface area (Å²) < 4.78 is 0. The maximum absolute atomic E-state index is 4.42. The second kappa shape index (κ2) is 5.23. The molecule has 0 fully saturated rings. The summed E-state index contributed by atoms with van der Waals surface area (Å²) in [7, 11) is 0. The Morgan fingerprint density at radius 2 is 2.06 bits per heavy atom. The molecular weight excluding hydrogens is 232 g/mol. The van der Waals surface area contributed by atoms with Crippen molar-refractivity contribution in [2.45, 2.75) is 27.2 Å². The highest BCUT2D eigenvalue weighted by molar-refractivity contribution is 7.09. The van der Waals surface area contributed by atoms with Crippen molar-refractivity contribution >= 4 is 17.2 Å². The molecule has 0 atom stereocenters. The normalized spacial score (nSPS) is 10.5. The van der Waals surface area contributed by atoms with E-state index < -0.39 is 0 Å². The third-order valence-electron chi connectivity index (χ3n) is 2.42. The van der Waals surface area contributed by atoms with Crippen molar-refractivity contribution in [3.05, 3.63) is 33.7 Å². The molecule has 0 saturated heterocycles. The molecule has 1 N–H and O–H groups in total. The van der Waals surface area contributed by atoms with Crippen LogP contribution in [0.2, 0.25) is 0 Å². The van der Waals surface area contributed by atoms with Crippen LogP contribution < -0.4 is 5.32 Å². The van der Waals surface area contributed by atoms with Gasteiger partial charge in [-0.25, -0.2) is 9.97 Å². The number of hydrogen-bond acceptors (Lipinski definition) is 5. The first-order valence-electron chi connectivity index (χ1n) is 5.60. The molecule has 2 rings (SSSR count). The van der Waals surface area contributed by atoms with Crippen molar-refractivity contribution in [1.82, 2.24) is 15.0 Å². The minimum absolute atomic E-state index is 0.835. The van der Waals surface area contributed by atoms with E-state index in [4.69, 9.17) is 0 Å². The molecule has 0 radical (unpaired) electrons. The van der Waals surface area contributed by atoms with Gasteiger partial charge in [0.25, 0.3) is 0 Å². The van der Waals surface area contributed by atoms with Gasteiger partial charge in [0.15, 0.2) is 0 Å². The SMILES string of the molecule is Cc1cnc(C)c(NCCc2csc(C)n2)n1. The van der Waals surface area contributed by atoms with Gasteiger partial charge in [-0.2, -0.15) is 0 Å². The van der Waals surface area contributed by atoms with E-state index in [1.165, 1.54) is 0 Å². The highest BCUT2D eigenvalue weighted by atomic mass is 32.1. The van der Waals surface area contributed by atoms with Crippen LogP contribution in [0.4, 0.5) is 5.82 Å². The van der Waals surface area contributed by atoms with Gasteiger partial charge >= 0.3 is 0 Å². The van der Waals surface area contributed by atoms with Gasteiger partial charge in [-0.3, -0.25) is 4.98 Å². The fourth-order valence-electron chi connectivity index (χ4n) is 1.54. The minimum atomic E-state index is 0.835. The Balaban J connectivity index is 1.91. The van der Waals surface area contributed by atoms with Crippen molar-refractivity contribution in [3.8, 4) is 0 Å². The zero-order valence-electron chi connectivity index (χ0n) is 10.3. The number of nitrogens with one attached hydrogen (secondary N) is 1. The van der Waals surface area contributed by atoms with Gasteiger partial charge in [-0.15, -0.1) is 11.3 Å². The molecule has 0 aliphatic rings. The molecule has 0 aromatic carbocycles. The minimum Gasteiger partial charge on any atom is -0.368 e. The molecule has 5 heteroatoms. The van der Waals surface area contributed by atoms with Crippen molar-refractivity contribution < 1.29 is 0 Å². The Bertz CT molecular complexity index is 507. The number of anilines is 1. The van der Waals surface area contributed by atoms with Gasteiger partial charge in [0.1, 0.15) is 5.82 Å². The van der Waals surface area contributed by atoms with Crippen molar-refractivity contribution in [3.63, 3.8) is 0 Å². The van der Waals surface area contributed by atoms with Crippen molar-refractivity contribution in [2.75, 3.05) is 11.9 Å². The number of aromatic nitrogens is 3. The van der Waals surface area contributed by atoms with Gasteiger partial charge in [-0.1, -0.05) is 0 Å². The molecule has 2 aromatic heterocycles. The number of thiazole rings is 1. The smallest absolute Gasteiger partial charge is 0.147 e. The third-order valence-corrected chi connectivity index (χ3v) is 3.24. The lowest BCUT2D eigenvalue weighted by Gasteiger charge is -2.07. The second-order valence-corrected chi connectivity index (χ2v) is 5.04. The first-order chi connectivity index (χ1) is 8.15. The Morgan fingerprint density at radius 3 is 2.76 bits per heavy atom. The topological polar surface area (TPSA) is 50.7 Å². The van der Waals surface area contributed by atoms with Crippen molar-refractivity contribution in [2.24, 2.45) is 0 Å². The number of rotatable bonds is 4. The van der Waals surface area contributed by atoms with E-state index in [9.17, 15) is 0 Å². The quantitative estimate of drug-likeness (QED) is 0.903. The first-order valence-corrected chi connectivity index (χ1v) is 6.48. The standard InChI is InChI=1S/C12H16N4S/c1-8-6-14-9(2)12(15-8)13-5-4-11-7-17-10(3)16-11/h6-7H,4-5H2,1-3H3,(H,13,15). The first kappa shape index (κ1) is 12.0. The van der Waals surface area contributed by atoms with Crippen LogP contribution in [0, 0.1) is 20.8 Å². The lowest BCUT2D eigenvalue weighted by molar-refractivity contribution is 0.944. The molecule has 17 heavy (non-hydrogen) atoms. The average molecular weight is 248 g/mol. The highest BCUT2D eigenvalue weighted by Gasteiger charge is 2.02. The molecule has 0 amide bonds. The molecule has 0 saturated carbocycles.